The predicted molar refractivity (Wildman–Crippen MR) is 114 cm³/mol. The molecule has 0 amide bonds. The Labute approximate surface area is 158 Å². The Morgan fingerprint density at radius 2 is 0.800 bits per heavy atom. The average molecular weight is 344 g/mol. The van der Waals surface area contributed by atoms with Crippen molar-refractivity contribution in [3.63, 3.8) is 0 Å². The Hall–Kier alpha value is -0.780. The van der Waals surface area contributed by atoms with Crippen molar-refractivity contribution < 1.29 is 0 Å². The Kier molecular flexibility index (Phi) is 16.0. The fourth-order valence-corrected chi connectivity index (χ4v) is 3.63. The highest BCUT2D eigenvalue weighted by atomic mass is 14.0. The minimum atomic E-state index is 1.12. The van der Waals surface area contributed by atoms with Crippen LogP contribution in [0.25, 0.3) is 0 Å². The lowest BCUT2D eigenvalue weighted by Gasteiger charge is -2.04. The van der Waals surface area contributed by atoms with E-state index in [1.165, 1.54) is 115 Å². The van der Waals surface area contributed by atoms with Gasteiger partial charge < -0.3 is 0 Å². The molecule has 0 heterocycles. The second-order valence-corrected chi connectivity index (χ2v) is 7.75. The third-order valence-corrected chi connectivity index (χ3v) is 5.31. The Morgan fingerprint density at radius 3 is 1.20 bits per heavy atom. The van der Waals surface area contributed by atoms with Gasteiger partial charge in [0.1, 0.15) is 0 Å². The molecule has 0 aromatic heterocycles. The number of rotatable bonds is 18. The molecule has 0 atom stereocenters. The fraction of sp³-hybridized carbons (Fsp3) is 0.720. The predicted octanol–water partition coefficient (Wildman–Crippen LogP) is 8.69. The van der Waals surface area contributed by atoms with Gasteiger partial charge >= 0.3 is 0 Å². The van der Waals surface area contributed by atoms with Crippen molar-refractivity contribution in [2.24, 2.45) is 0 Å². The van der Waals surface area contributed by atoms with Crippen molar-refractivity contribution in [1.29, 1.82) is 0 Å². The van der Waals surface area contributed by atoms with E-state index in [9.17, 15) is 0 Å². The summed E-state index contributed by atoms with van der Waals surface area (Å²) in [6, 6.07) is 10.9. The van der Waals surface area contributed by atoms with Gasteiger partial charge in [0.15, 0.2) is 0 Å². The number of aryl methyl sites for hydroxylation is 1. The minimum absolute atomic E-state index is 1.12. The molecule has 1 aromatic rings. The first-order chi connectivity index (χ1) is 12.4. The van der Waals surface area contributed by atoms with Crippen LogP contribution in [-0.4, -0.2) is 0 Å². The summed E-state index contributed by atoms with van der Waals surface area (Å²) in [4.78, 5) is 0. The van der Waals surface area contributed by atoms with E-state index in [4.69, 9.17) is 0 Å². The molecule has 25 heavy (non-hydrogen) atoms. The van der Waals surface area contributed by atoms with Crippen LogP contribution in [0.3, 0.4) is 0 Å². The smallest absolute Gasteiger partial charge is 0.0279 e. The van der Waals surface area contributed by atoms with E-state index in [0.717, 1.165) is 6.42 Å². The summed E-state index contributed by atoms with van der Waals surface area (Å²) in [5, 5.41) is 0. The first kappa shape index (κ1) is 22.3. The molecule has 0 aliphatic carbocycles. The Morgan fingerprint density at radius 1 is 0.440 bits per heavy atom. The highest BCUT2D eigenvalue weighted by molar-refractivity contribution is 5.14. The van der Waals surface area contributed by atoms with Crippen LogP contribution in [0.2, 0.25) is 0 Å². The van der Waals surface area contributed by atoms with Crippen LogP contribution in [0.15, 0.2) is 30.3 Å². The molecule has 0 heteroatoms. The van der Waals surface area contributed by atoms with Crippen molar-refractivity contribution in [2.75, 3.05) is 0 Å². The number of hydrogen-bond donors (Lipinski definition) is 0. The molecule has 143 valence electrons. The van der Waals surface area contributed by atoms with Crippen LogP contribution in [-0.2, 0) is 6.42 Å². The first-order valence-electron chi connectivity index (χ1n) is 11.3. The second-order valence-electron chi connectivity index (χ2n) is 7.75. The summed E-state index contributed by atoms with van der Waals surface area (Å²) in [5.41, 5.74) is 1.50. The maximum atomic E-state index is 3.90. The summed E-state index contributed by atoms with van der Waals surface area (Å²) in [6.45, 7) is 3.90. The van der Waals surface area contributed by atoms with Crippen molar-refractivity contribution in [3.8, 4) is 0 Å². The summed E-state index contributed by atoms with van der Waals surface area (Å²) >= 11 is 0. The molecule has 0 saturated carbocycles. The minimum Gasteiger partial charge on any atom is -0.0622 e. The molecule has 1 radical (unpaired) electrons. The largest absolute Gasteiger partial charge is 0.0622 e. The maximum Gasteiger partial charge on any atom is -0.0279 e. The Bertz CT molecular complexity index is 354. The van der Waals surface area contributed by atoms with E-state index < -0.39 is 0 Å². The van der Waals surface area contributed by atoms with E-state index in [-0.39, 0.29) is 0 Å². The molecule has 0 N–H and O–H groups in total. The highest BCUT2D eigenvalue weighted by Crippen LogP contribution is 2.14. The van der Waals surface area contributed by atoms with Crippen LogP contribution in [0.5, 0.6) is 0 Å². The molecule has 1 rings (SSSR count). The molecule has 0 bridgehead atoms. The lowest BCUT2D eigenvalue weighted by molar-refractivity contribution is 0.528. The Balaban J connectivity index is 1.69. The topological polar surface area (TPSA) is 0 Å². The van der Waals surface area contributed by atoms with E-state index in [2.05, 4.69) is 37.3 Å². The van der Waals surface area contributed by atoms with Crippen LogP contribution in [0.1, 0.15) is 115 Å². The van der Waals surface area contributed by atoms with Crippen molar-refractivity contribution in [3.05, 3.63) is 42.8 Å². The molecule has 0 fully saturated rings. The first-order valence-corrected chi connectivity index (χ1v) is 11.3. The summed E-state index contributed by atoms with van der Waals surface area (Å²) < 4.78 is 0. The van der Waals surface area contributed by atoms with Gasteiger partial charge in [-0.05, 0) is 18.4 Å². The van der Waals surface area contributed by atoms with Crippen LogP contribution >= 0.6 is 0 Å². The molecule has 0 nitrogen and oxygen atoms in total. The van der Waals surface area contributed by atoms with Crippen LogP contribution < -0.4 is 0 Å². The quantitative estimate of drug-likeness (QED) is 0.234. The molecule has 0 unspecified atom stereocenters. The average Bonchev–Trinajstić information content (AvgIpc) is 2.65. The van der Waals surface area contributed by atoms with Gasteiger partial charge in [-0.2, -0.15) is 0 Å². The third-order valence-electron chi connectivity index (χ3n) is 5.31. The number of benzene rings is 1. The van der Waals surface area contributed by atoms with Crippen molar-refractivity contribution in [1.82, 2.24) is 0 Å². The van der Waals surface area contributed by atoms with Gasteiger partial charge in [0.25, 0.3) is 0 Å². The van der Waals surface area contributed by atoms with E-state index in [1.807, 2.05) is 0 Å². The number of hydrogen-bond acceptors (Lipinski definition) is 0. The summed E-state index contributed by atoms with van der Waals surface area (Å²) in [7, 11) is 0. The van der Waals surface area contributed by atoms with Gasteiger partial charge in [-0.3, -0.25) is 0 Å². The van der Waals surface area contributed by atoms with Gasteiger partial charge in [0, 0.05) is 0 Å². The zero-order chi connectivity index (χ0) is 17.8. The SMILES string of the molecule is [CH2]CCCCCCCCCCCCCCCCCCc1ccccc1. The molecular formula is C25H43. The number of unbranched alkanes of at least 4 members (excludes halogenated alkanes) is 16. The second kappa shape index (κ2) is 18.0. The zero-order valence-corrected chi connectivity index (χ0v) is 16.8. The van der Waals surface area contributed by atoms with E-state index in [1.54, 1.807) is 0 Å². The fourth-order valence-electron chi connectivity index (χ4n) is 3.63. The van der Waals surface area contributed by atoms with Gasteiger partial charge in [0.2, 0.25) is 0 Å². The molecule has 0 aliphatic rings. The van der Waals surface area contributed by atoms with Crippen LogP contribution in [0.4, 0.5) is 0 Å². The molecule has 1 aromatic carbocycles. The van der Waals surface area contributed by atoms with Gasteiger partial charge in [-0.25, -0.2) is 0 Å². The summed E-state index contributed by atoms with van der Waals surface area (Å²) in [6.07, 6.45) is 25.3. The van der Waals surface area contributed by atoms with Crippen molar-refractivity contribution in [2.45, 2.75) is 116 Å². The van der Waals surface area contributed by atoms with E-state index >= 15 is 0 Å². The highest BCUT2D eigenvalue weighted by Gasteiger charge is 1.95. The summed E-state index contributed by atoms with van der Waals surface area (Å²) in [5.74, 6) is 0. The monoisotopic (exact) mass is 343 g/mol. The molecule has 0 spiro atoms. The van der Waals surface area contributed by atoms with Crippen LogP contribution in [0, 0.1) is 6.92 Å². The molecular weight excluding hydrogens is 300 g/mol. The van der Waals surface area contributed by atoms with Gasteiger partial charge in [-0.1, -0.05) is 140 Å². The molecule has 0 aliphatic heterocycles. The van der Waals surface area contributed by atoms with Gasteiger partial charge in [0.05, 0.1) is 0 Å². The maximum absolute atomic E-state index is 3.90. The standard InChI is InChI=1S/C25H43/c1-2-3-4-5-6-7-8-9-10-11-12-13-14-15-16-17-19-22-25-23-20-18-21-24-25/h18,20-21,23-24H,1-17,19,22H2. The zero-order valence-electron chi connectivity index (χ0n) is 16.8. The molecule has 0 saturated heterocycles. The lowest BCUT2D eigenvalue weighted by atomic mass is 10.0. The van der Waals surface area contributed by atoms with Gasteiger partial charge in [-0.15, -0.1) is 0 Å². The van der Waals surface area contributed by atoms with E-state index in [0.29, 0.717) is 0 Å². The third kappa shape index (κ3) is 15.2. The van der Waals surface area contributed by atoms with Crippen molar-refractivity contribution >= 4 is 0 Å². The lowest BCUT2D eigenvalue weighted by Crippen LogP contribution is -1.86. The normalized spacial score (nSPS) is 11.1.